The fraction of sp³-hybridized carbons (Fsp3) is 0.174. The van der Waals surface area contributed by atoms with Crippen molar-refractivity contribution in [3.8, 4) is 23.0 Å². The first-order valence-corrected chi connectivity index (χ1v) is 11.2. The molecule has 0 aliphatic carbocycles. The molecule has 11 nitrogen and oxygen atoms in total. The number of carboxylic acids is 1. The average Bonchev–Trinajstić information content (AvgIpc) is 3.51. The summed E-state index contributed by atoms with van der Waals surface area (Å²) in [5.41, 5.74) is -0.790. The Morgan fingerprint density at radius 1 is 1.05 bits per heavy atom. The Morgan fingerprint density at radius 2 is 1.81 bits per heavy atom. The van der Waals surface area contributed by atoms with E-state index in [1.165, 1.54) is 24.6 Å². The number of ether oxygens (including phenoxy) is 5. The van der Waals surface area contributed by atoms with E-state index in [0.29, 0.717) is 17.1 Å². The molecular weight excluding hydrogens is 518 g/mol. The summed E-state index contributed by atoms with van der Waals surface area (Å²) in [6.07, 6.45) is 0. The number of amides is 2. The van der Waals surface area contributed by atoms with Gasteiger partial charge in [0.15, 0.2) is 28.8 Å². The number of halogens is 2. The lowest BCUT2D eigenvalue weighted by molar-refractivity contribution is 0.0586. The third-order valence-electron chi connectivity index (χ3n) is 5.08. The third kappa shape index (κ3) is 5.18. The van der Waals surface area contributed by atoms with E-state index in [1.807, 2.05) is 0 Å². The number of hydrogen-bond acceptors (Lipinski definition) is 9. The molecule has 0 radical (unpaired) electrons. The van der Waals surface area contributed by atoms with Crippen LogP contribution in [0.1, 0.15) is 25.6 Å². The Balaban J connectivity index is 1.55. The number of urea groups is 1. The summed E-state index contributed by atoms with van der Waals surface area (Å²) in [6.45, 7) is -0.411. The zero-order valence-electron chi connectivity index (χ0n) is 19.2. The van der Waals surface area contributed by atoms with Crippen LogP contribution in [0.25, 0.3) is 0 Å². The van der Waals surface area contributed by atoms with Crippen molar-refractivity contribution in [3.05, 3.63) is 57.3 Å². The van der Waals surface area contributed by atoms with Crippen LogP contribution in [0.4, 0.5) is 25.0 Å². The number of rotatable bonds is 8. The standard InChI is InChI=1S/C23H18F2N2O9S/c1-32-16-5-12(25)13(6-17(16)34-7-10-11(24)3-4-15-19(10)36-9-35-15)26-23(31)27-14-8-37-20(21(28)29)18(14)22(30)33-2/h3-6,8H,7,9H2,1-2H3,(H,28,29)(H2,26,27,31). The van der Waals surface area contributed by atoms with Gasteiger partial charge in [-0.15, -0.1) is 11.3 Å². The molecule has 0 bridgehead atoms. The summed E-state index contributed by atoms with van der Waals surface area (Å²) < 4.78 is 54.9. The molecule has 3 N–H and O–H groups in total. The number of aromatic carboxylic acids is 1. The molecule has 0 atom stereocenters. The number of carboxylic acid groups (broad SMARTS) is 1. The van der Waals surface area contributed by atoms with Gasteiger partial charge in [0, 0.05) is 17.5 Å². The Morgan fingerprint density at radius 3 is 2.51 bits per heavy atom. The summed E-state index contributed by atoms with van der Waals surface area (Å²) in [5.74, 6) is -3.42. The molecule has 194 valence electrons. The van der Waals surface area contributed by atoms with E-state index in [-0.39, 0.29) is 58.0 Å². The maximum absolute atomic E-state index is 14.7. The zero-order valence-corrected chi connectivity index (χ0v) is 20.0. The highest BCUT2D eigenvalue weighted by Crippen LogP contribution is 2.39. The zero-order chi connectivity index (χ0) is 26.7. The van der Waals surface area contributed by atoms with Crippen LogP contribution in [-0.2, 0) is 11.3 Å². The van der Waals surface area contributed by atoms with Gasteiger partial charge in [0.2, 0.25) is 6.79 Å². The second-order valence-electron chi connectivity index (χ2n) is 7.26. The Hall–Kier alpha value is -4.59. The van der Waals surface area contributed by atoms with Crippen molar-refractivity contribution >= 4 is 40.7 Å². The number of methoxy groups -OCH3 is 2. The summed E-state index contributed by atoms with van der Waals surface area (Å²) in [7, 11) is 2.32. The maximum Gasteiger partial charge on any atom is 0.346 e. The number of esters is 1. The van der Waals surface area contributed by atoms with Gasteiger partial charge in [0.25, 0.3) is 0 Å². The first-order valence-electron chi connectivity index (χ1n) is 10.3. The smallest absolute Gasteiger partial charge is 0.346 e. The van der Waals surface area contributed by atoms with Crippen LogP contribution in [-0.4, -0.2) is 44.1 Å². The molecule has 0 fully saturated rings. The Kier molecular flexibility index (Phi) is 7.29. The van der Waals surface area contributed by atoms with Crippen LogP contribution in [0.15, 0.2) is 29.6 Å². The van der Waals surface area contributed by atoms with E-state index in [1.54, 1.807) is 0 Å². The van der Waals surface area contributed by atoms with Crippen LogP contribution in [0.2, 0.25) is 0 Å². The minimum Gasteiger partial charge on any atom is -0.493 e. The molecule has 2 amide bonds. The van der Waals surface area contributed by atoms with Gasteiger partial charge in [-0.25, -0.2) is 23.2 Å². The van der Waals surface area contributed by atoms with Crippen molar-refractivity contribution in [1.29, 1.82) is 0 Å². The van der Waals surface area contributed by atoms with E-state index in [9.17, 15) is 28.3 Å². The van der Waals surface area contributed by atoms with Gasteiger partial charge < -0.3 is 39.4 Å². The number of carbonyl (C=O) groups excluding carboxylic acids is 2. The number of thiophene rings is 1. The molecule has 37 heavy (non-hydrogen) atoms. The number of hydrogen-bond donors (Lipinski definition) is 3. The lowest BCUT2D eigenvalue weighted by Crippen LogP contribution is -2.22. The van der Waals surface area contributed by atoms with Gasteiger partial charge in [-0.3, -0.25) is 0 Å². The van der Waals surface area contributed by atoms with Crippen molar-refractivity contribution in [2.24, 2.45) is 0 Å². The molecule has 14 heteroatoms. The predicted molar refractivity (Wildman–Crippen MR) is 125 cm³/mol. The van der Waals surface area contributed by atoms with Gasteiger partial charge in [-0.05, 0) is 12.1 Å². The fourth-order valence-corrected chi connectivity index (χ4v) is 4.21. The molecule has 1 aromatic heterocycles. The molecular formula is C23H18F2N2O9S. The number of nitrogens with one attached hydrogen (secondary N) is 2. The van der Waals surface area contributed by atoms with Gasteiger partial charge >= 0.3 is 18.0 Å². The van der Waals surface area contributed by atoms with Gasteiger partial charge in [0.05, 0.1) is 31.2 Å². The highest BCUT2D eigenvalue weighted by atomic mass is 32.1. The van der Waals surface area contributed by atoms with Crippen LogP contribution in [0, 0.1) is 11.6 Å². The van der Waals surface area contributed by atoms with E-state index < -0.39 is 29.6 Å². The van der Waals surface area contributed by atoms with Crippen LogP contribution < -0.4 is 29.6 Å². The molecule has 3 aromatic rings. The van der Waals surface area contributed by atoms with E-state index in [4.69, 9.17) is 18.9 Å². The molecule has 0 spiro atoms. The second-order valence-corrected chi connectivity index (χ2v) is 8.14. The van der Waals surface area contributed by atoms with E-state index in [2.05, 4.69) is 15.4 Å². The van der Waals surface area contributed by atoms with Gasteiger partial charge in [0.1, 0.15) is 22.9 Å². The molecule has 1 aliphatic rings. The summed E-state index contributed by atoms with van der Waals surface area (Å²) in [4.78, 5) is 35.6. The quantitative estimate of drug-likeness (QED) is 0.356. The van der Waals surface area contributed by atoms with E-state index >= 15 is 0 Å². The average molecular weight is 536 g/mol. The minimum absolute atomic E-state index is 0.0333. The van der Waals surface area contributed by atoms with Crippen LogP contribution in [0.5, 0.6) is 23.0 Å². The van der Waals surface area contributed by atoms with Crippen molar-refractivity contribution in [1.82, 2.24) is 0 Å². The van der Waals surface area contributed by atoms with Crippen LogP contribution >= 0.6 is 11.3 Å². The van der Waals surface area contributed by atoms with Crippen molar-refractivity contribution in [2.75, 3.05) is 31.6 Å². The summed E-state index contributed by atoms with van der Waals surface area (Å²) in [5, 5.41) is 15.0. The Labute approximate surface area is 211 Å². The molecule has 0 saturated heterocycles. The number of benzene rings is 2. The third-order valence-corrected chi connectivity index (χ3v) is 6.05. The first-order chi connectivity index (χ1) is 17.7. The largest absolute Gasteiger partial charge is 0.493 e. The summed E-state index contributed by atoms with van der Waals surface area (Å²) >= 11 is 0.698. The highest BCUT2D eigenvalue weighted by Gasteiger charge is 2.26. The molecule has 2 heterocycles. The topological polar surface area (TPSA) is 142 Å². The number of carbonyl (C=O) groups is 3. The maximum atomic E-state index is 14.7. The highest BCUT2D eigenvalue weighted by molar-refractivity contribution is 7.13. The van der Waals surface area contributed by atoms with Gasteiger partial charge in [-0.1, -0.05) is 0 Å². The monoisotopic (exact) mass is 536 g/mol. The van der Waals surface area contributed by atoms with Crippen molar-refractivity contribution < 1.29 is 52.0 Å². The number of anilines is 2. The minimum atomic E-state index is -1.39. The molecule has 0 saturated carbocycles. The van der Waals surface area contributed by atoms with Crippen molar-refractivity contribution in [2.45, 2.75) is 6.61 Å². The SMILES string of the molecule is COC(=O)c1c(NC(=O)Nc2cc(OCc3c(F)ccc4c3OCO4)c(OC)cc2F)csc1C(=O)O. The molecule has 1 aliphatic heterocycles. The summed E-state index contributed by atoms with van der Waals surface area (Å²) in [6, 6.07) is 3.67. The fourth-order valence-electron chi connectivity index (χ4n) is 3.38. The van der Waals surface area contributed by atoms with E-state index in [0.717, 1.165) is 19.2 Å². The van der Waals surface area contributed by atoms with Crippen molar-refractivity contribution in [3.63, 3.8) is 0 Å². The Bertz CT molecular complexity index is 1390. The first kappa shape index (κ1) is 25.5. The predicted octanol–water partition coefficient (Wildman–Crippen LogP) is 4.47. The van der Waals surface area contributed by atoms with Crippen LogP contribution in [0.3, 0.4) is 0 Å². The number of fused-ring (bicyclic) bond motifs is 1. The lowest BCUT2D eigenvalue weighted by Gasteiger charge is -2.15. The lowest BCUT2D eigenvalue weighted by atomic mass is 10.2. The molecule has 2 aromatic carbocycles. The normalized spacial score (nSPS) is 11.6. The van der Waals surface area contributed by atoms with Gasteiger partial charge in [-0.2, -0.15) is 0 Å². The molecule has 0 unspecified atom stereocenters. The molecule has 4 rings (SSSR count). The second kappa shape index (κ2) is 10.6.